The van der Waals surface area contributed by atoms with Gasteiger partial charge in [-0.25, -0.2) is 4.39 Å². The monoisotopic (exact) mass is 251 g/mol. The summed E-state index contributed by atoms with van der Waals surface area (Å²) in [6, 6.07) is 5.41. The Hall–Kier alpha value is -1.14. The molecule has 0 saturated carbocycles. The van der Waals surface area contributed by atoms with Gasteiger partial charge in [-0.1, -0.05) is 18.2 Å². The van der Waals surface area contributed by atoms with Gasteiger partial charge in [0.05, 0.1) is 18.7 Å². The molecule has 0 spiro atoms. The lowest BCUT2D eigenvalue weighted by molar-refractivity contribution is -0.129. The van der Waals surface area contributed by atoms with Gasteiger partial charge in [0.1, 0.15) is 5.82 Å². The number of benzene rings is 1. The minimum absolute atomic E-state index is 0.00625. The highest BCUT2D eigenvalue weighted by Crippen LogP contribution is 2.24. The third kappa shape index (κ3) is 3.67. The SMILES string of the molecule is CC(CO)(NCC(F)(F)F)c1ccccc1F. The number of rotatable bonds is 4. The molecule has 0 aliphatic rings. The van der Waals surface area contributed by atoms with Crippen LogP contribution in [0.1, 0.15) is 12.5 Å². The van der Waals surface area contributed by atoms with Crippen molar-refractivity contribution in [2.75, 3.05) is 13.2 Å². The predicted octanol–water partition coefficient (Wildman–Crippen LogP) is 2.19. The predicted molar refractivity (Wildman–Crippen MR) is 54.9 cm³/mol. The highest BCUT2D eigenvalue weighted by atomic mass is 19.4. The minimum atomic E-state index is -4.41. The van der Waals surface area contributed by atoms with Crippen LogP contribution in [-0.2, 0) is 5.54 Å². The molecule has 2 nitrogen and oxygen atoms in total. The molecular weight excluding hydrogens is 238 g/mol. The van der Waals surface area contributed by atoms with Crippen LogP contribution in [0.2, 0.25) is 0 Å². The van der Waals surface area contributed by atoms with Gasteiger partial charge in [-0.2, -0.15) is 13.2 Å². The zero-order chi connectivity index (χ0) is 13.1. The molecule has 1 rings (SSSR count). The topological polar surface area (TPSA) is 32.3 Å². The van der Waals surface area contributed by atoms with Crippen molar-refractivity contribution >= 4 is 0 Å². The maximum Gasteiger partial charge on any atom is 0.401 e. The van der Waals surface area contributed by atoms with Crippen molar-refractivity contribution < 1.29 is 22.7 Å². The first-order valence-corrected chi connectivity index (χ1v) is 4.96. The largest absolute Gasteiger partial charge is 0.401 e. The summed E-state index contributed by atoms with van der Waals surface area (Å²) in [5.41, 5.74) is -1.45. The van der Waals surface area contributed by atoms with Crippen molar-refractivity contribution in [2.24, 2.45) is 0 Å². The van der Waals surface area contributed by atoms with Crippen molar-refractivity contribution in [3.63, 3.8) is 0 Å². The summed E-state index contributed by atoms with van der Waals surface area (Å²) in [6.07, 6.45) is -4.41. The first kappa shape index (κ1) is 13.9. The Balaban J connectivity index is 2.93. The van der Waals surface area contributed by atoms with Crippen molar-refractivity contribution in [3.8, 4) is 0 Å². The molecule has 96 valence electrons. The highest BCUT2D eigenvalue weighted by Gasteiger charge is 2.34. The van der Waals surface area contributed by atoms with E-state index < -0.39 is 30.7 Å². The van der Waals surface area contributed by atoms with Gasteiger partial charge >= 0.3 is 6.18 Å². The molecule has 1 aromatic rings. The standard InChI is InChI=1S/C11H13F4NO/c1-10(7-17,16-6-11(13,14)15)8-4-2-3-5-9(8)12/h2-5,16-17H,6-7H2,1H3. The first-order chi connectivity index (χ1) is 7.78. The molecule has 1 atom stereocenters. The van der Waals surface area contributed by atoms with Crippen LogP contribution in [0.25, 0.3) is 0 Å². The van der Waals surface area contributed by atoms with Crippen molar-refractivity contribution in [3.05, 3.63) is 35.6 Å². The molecule has 0 bridgehead atoms. The van der Waals surface area contributed by atoms with Crippen molar-refractivity contribution in [1.29, 1.82) is 0 Å². The van der Waals surface area contributed by atoms with Crippen LogP contribution in [0.3, 0.4) is 0 Å². The lowest BCUT2D eigenvalue weighted by Gasteiger charge is -2.30. The van der Waals surface area contributed by atoms with Crippen LogP contribution in [-0.4, -0.2) is 24.4 Å². The van der Waals surface area contributed by atoms with Gasteiger partial charge in [-0.15, -0.1) is 0 Å². The zero-order valence-corrected chi connectivity index (χ0v) is 9.18. The fourth-order valence-electron chi connectivity index (χ4n) is 1.44. The van der Waals surface area contributed by atoms with E-state index in [0.717, 1.165) is 6.07 Å². The molecule has 2 N–H and O–H groups in total. The van der Waals surface area contributed by atoms with Crippen LogP contribution in [0, 0.1) is 5.82 Å². The number of aliphatic hydroxyl groups is 1. The molecule has 1 unspecified atom stereocenters. The van der Waals surface area contributed by atoms with E-state index in [1.165, 1.54) is 25.1 Å². The van der Waals surface area contributed by atoms with Gasteiger partial charge < -0.3 is 5.11 Å². The average molecular weight is 251 g/mol. The second-order valence-electron chi connectivity index (χ2n) is 3.94. The van der Waals surface area contributed by atoms with Gasteiger partial charge in [0.25, 0.3) is 0 Å². The van der Waals surface area contributed by atoms with E-state index in [4.69, 9.17) is 5.11 Å². The number of hydrogen-bond acceptors (Lipinski definition) is 2. The quantitative estimate of drug-likeness (QED) is 0.804. The van der Waals surface area contributed by atoms with Gasteiger partial charge in [-0.3, -0.25) is 5.32 Å². The second-order valence-corrected chi connectivity index (χ2v) is 3.94. The number of nitrogens with one attached hydrogen (secondary N) is 1. The Morgan fingerprint density at radius 3 is 2.29 bits per heavy atom. The van der Waals surface area contributed by atoms with Gasteiger partial charge in [0.2, 0.25) is 0 Å². The van der Waals surface area contributed by atoms with Crippen LogP contribution in [0.15, 0.2) is 24.3 Å². The molecule has 0 fully saturated rings. The summed E-state index contributed by atoms with van der Waals surface area (Å²) in [5, 5.41) is 11.3. The molecule has 6 heteroatoms. The molecule has 0 saturated heterocycles. The molecule has 0 radical (unpaired) electrons. The summed E-state index contributed by atoms with van der Waals surface area (Å²) in [5.74, 6) is -0.654. The van der Waals surface area contributed by atoms with E-state index in [-0.39, 0.29) is 5.56 Å². The highest BCUT2D eigenvalue weighted by molar-refractivity contribution is 5.25. The molecular formula is C11H13F4NO. The van der Waals surface area contributed by atoms with Gasteiger partial charge in [0, 0.05) is 5.56 Å². The van der Waals surface area contributed by atoms with Gasteiger partial charge in [-0.05, 0) is 13.0 Å². The Bertz CT molecular complexity index is 380. The summed E-state index contributed by atoms with van der Waals surface area (Å²) < 4.78 is 49.8. The van der Waals surface area contributed by atoms with E-state index in [1.54, 1.807) is 0 Å². The minimum Gasteiger partial charge on any atom is -0.394 e. The number of alkyl halides is 3. The van der Waals surface area contributed by atoms with Crippen molar-refractivity contribution in [1.82, 2.24) is 5.32 Å². The number of hydrogen-bond donors (Lipinski definition) is 2. The van der Waals surface area contributed by atoms with Crippen LogP contribution in [0.4, 0.5) is 17.6 Å². The third-order valence-electron chi connectivity index (χ3n) is 2.46. The zero-order valence-electron chi connectivity index (χ0n) is 9.18. The average Bonchev–Trinajstić information content (AvgIpc) is 2.26. The fraction of sp³-hybridized carbons (Fsp3) is 0.455. The smallest absolute Gasteiger partial charge is 0.394 e. The molecule has 1 aromatic carbocycles. The normalized spacial score (nSPS) is 15.6. The molecule has 0 aromatic heterocycles. The summed E-state index contributed by atoms with van der Waals surface area (Å²) in [6.45, 7) is -0.612. The van der Waals surface area contributed by atoms with Gasteiger partial charge in [0.15, 0.2) is 0 Å². The maximum absolute atomic E-state index is 13.5. The Morgan fingerprint density at radius 2 is 1.82 bits per heavy atom. The van der Waals surface area contributed by atoms with E-state index >= 15 is 0 Å². The summed E-state index contributed by atoms with van der Waals surface area (Å²) in [4.78, 5) is 0. The molecule has 0 aliphatic carbocycles. The second kappa shape index (κ2) is 5.01. The Morgan fingerprint density at radius 1 is 1.24 bits per heavy atom. The Labute approximate surface area is 96.3 Å². The van der Waals surface area contributed by atoms with E-state index in [1.807, 2.05) is 0 Å². The summed E-state index contributed by atoms with van der Waals surface area (Å²) in [7, 11) is 0. The van der Waals surface area contributed by atoms with E-state index in [2.05, 4.69) is 5.32 Å². The van der Waals surface area contributed by atoms with Crippen molar-refractivity contribution in [2.45, 2.75) is 18.6 Å². The van der Waals surface area contributed by atoms with Crippen LogP contribution in [0.5, 0.6) is 0 Å². The lowest BCUT2D eigenvalue weighted by Crippen LogP contribution is -2.47. The number of aliphatic hydroxyl groups excluding tert-OH is 1. The lowest BCUT2D eigenvalue weighted by atomic mass is 9.92. The van der Waals surface area contributed by atoms with E-state index in [9.17, 15) is 17.6 Å². The van der Waals surface area contributed by atoms with Crippen LogP contribution < -0.4 is 5.32 Å². The molecule has 0 amide bonds. The third-order valence-corrected chi connectivity index (χ3v) is 2.46. The summed E-state index contributed by atoms with van der Waals surface area (Å²) >= 11 is 0. The Kier molecular flexibility index (Phi) is 4.11. The van der Waals surface area contributed by atoms with E-state index in [0.29, 0.717) is 0 Å². The molecule has 0 aliphatic heterocycles. The molecule has 17 heavy (non-hydrogen) atoms. The molecule has 0 heterocycles. The maximum atomic E-state index is 13.5. The first-order valence-electron chi connectivity index (χ1n) is 4.96. The number of halogens is 4. The van der Waals surface area contributed by atoms with Crippen LogP contribution >= 0.6 is 0 Å². The fourth-order valence-corrected chi connectivity index (χ4v) is 1.44.